The highest BCUT2D eigenvalue weighted by Gasteiger charge is 2.46. The Morgan fingerprint density at radius 2 is 1.84 bits per heavy atom. The topological polar surface area (TPSA) is 79.3 Å². The summed E-state index contributed by atoms with van der Waals surface area (Å²) in [7, 11) is 0. The average Bonchev–Trinajstić information content (AvgIpc) is 2.87. The first-order valence-electron chi connectivity index (χ1n) is 8.76. The van der Waals surface area contributed by atoms with Crippen LogP contribution in [-0.2, 0) is 4.79 Å². The standard InChI is InChI=1S/C18H24N2O5/c1-2-24-14-6-8-15(9-7-14)25-12-13(21)11-20-17(22)16-5-3-4-10-19(16)18(20)23/h6-9,13,16,21H,2-5,10-12H2,1H3/t13-,16-/m0/s1. The minimum Gasteiger partial charge on any atom is -0.494 e. The number of ether oxygens (including phenoxy) is 2. The Morgan fingerprint density at radius 3 is 2.48 bits per heavy atom. The number of carbonyl (C=O) groups excluding carboxylic acids is 2. The number of carbonyl (C=O) groups is 2. The highest BCUT2D eigenvalue weighted by molar-refractivity contribution is 6.04. The first kappa shape index (κ1) is 17.5. The molecule has 7 heteroatoms. The van der Waals surface area contributed by atoms with Gasteiger partial charge in [0, 0.05) is 6.54 Å². The van der Waals surface area contributed by atoms with E-state index < -0.39 is 6.10 Å². The first-order chi connectivity index (χ1) is 12.1. The van der Waals surface area contributed by atoms with Crippen molar-refractivity contribution in [2.75, 3.05) is 26.3 Å². The fraction of sp³-hybridized carbons (Fsp3) is 0.556. The van der Waals surface area contributed by atoms with Crippen LogP contribution in [0.15, 0.2) is 24.3 Å². The molecule has 2 fully saturated rings. The van der Waals surface area contributed by atoms with Gasteiger partial charge in [-0.15, -0.1) is 0 Å². The molecule has 0 radical (unpaired) electrons. The van der Waals surface area contributed by atoms with Crippen molar-refractivity contribution in [3.05, 3.63) is 24.3 Å². The zero-order chi connectivity index (χ0) is 17.8. The molecule has 0 unspecified atom stereocenters. The van der Waals surface area contributed by atoms with Crippen LogP contribution < -0.4 is 9.47 Å². The van der Waals surface area contributed by atoms with Gasteiger partial charge in [0.1, 0.15) is 30.3 Å². The minimum atomic E-state index is -0.930. The maximum absolute atomic E-state index is 12.4. The number of amides is 3. The molecule has 2 saturated heterocycles. The predicted molar refractivity (Wildman–Crippen MR) is 90.6 cm³/mol. The molecule has 1 N–H and O–H groups in total. The third kappa shape index (κ3) is 3.87. The monoisotopic (exact) mass is 348 g/mol. The number of β-amino-alcohol motifs (C(OH)–C–C–N with tert-alkyl or cyclic N) is 1. The number of benzene rings is 1. The van der Waals surface area contributed by atoms with E-state index in [1.54, 1.807) is 29.2 Å². The summed E-state index contributed by atoms with van der Waals surface area (Å²) in [5.41, 5.74) is 0. The molecule has 0 aromatic heterocycles. The Balaban J connectivity index is 1.51. The lowest BCUT2D eigenvalue weighted by molar-refractivity contribution is -0.129. The number of hydrogen-bond acceptors (Lipinski definition) is 5. The van der Waals surface area contributed by atoms with Crippen LogP contribution >= 0.6 is 0 Å². The van der Waals surface area contributed by atoms with Crippen molar-refractivity contribution in [1.82, 2.24) is 9.80 Å². The van der Waals surface area contributed by atoms with Crippen molar-refractivity contribution in [3.63, 3.8) is 0 Å². The molecular formula is C18H24N2O5. The van der Waals surface area contributed by atoms with Crippen molar-refractivity contribution in [2.24, 2.45) is 0 Å². The number of rotatable bonds is 7. The van der Waals surface area contributed by atoms with Crippen molar-refractivity contribution < 1.29 is 24.2 Å². The van der Waals surface area contributed by atoms with Gasteiger partial charge in [0.25, 0.3) is 5.91 Å². The fourth-order valence-corrected chi connectivity index (χ4v) is 3.27. The number of nitrogens with zero attached hydrogens (tertiary/aromatic N) is 2. The van der Waals surface area contributed by atoms with E-state index in [9.17, 15) is 14.7 Å². The van der Waals surface area contributed by atoms with Crippen LogP contribution in [0.5, 0.6) is 11.5 Å². The Hall–Kier alpha value is -2.28. The van der Waals surface area contributed by atoms with Gasteiger partial charge in [0.05, 0.1) is 13.2 Å². The van der Waals surface area contributed by atoms with E-state index in [4.69, 9.17) is 9.47 Å². The number of imide groups is 1. The van der Waals surface area contributed by atoms with Crippen molar-refractivity contribution in [1.29, 1.82) is 0 Å². The molecule has 7 nitrogen and oxygen atoms in total. The molecule has 0 aliphatic carbocycles. The van der Waals surface area contributed by atoms with Crippen molar-refractivity contribution in [2.45, 2.75) is 38.3 Å². The lowest BCUT2D eigenvalue weighted by Crippen LogP contribution is -2.40. The second-order valence-electron chi connectivity index (χ2n) is 6.31. The Bertz CT molecular complexity index is 594. The summed E-state index contributed by atoms with van der Waals surface area (Å²) >= 11 is 0. The highest BCUT2D eigenvalue weighted by atomic mass is 16.5. The average molecular weight is 348 g/mol. The van der Waals surface area contributed by atoms with E-state index in [1.807, 2.05) is 6.92 Å². The predicted octanol–water partition coefficient (Wildman–Crippen LogP) is 1.64. The maximum atomic E-state index is 12.4. The highest BCUT2D eigenvalue weighted by Crippen LogP contribution is 2.26. The molecule has 2 aliphatic heterocycles. The molecule has 2 atom stereocenters. The molecular weight excluding hydrogens is 324 g/mol. The molecule has 2 aliphatic rings. The van der Waals surface area contributed by atoms with E-state index >= 15 is 0 Å². The van der Waals surface area contributed by atoms with E-state index in [2.05, 4.69) is 0 Å². The van der Waals surface area contributed by atoms with Gasteiger partial charge in [0.15, 0.2) is 0 Å². The van der Waals surface area contributed by atoms with Crippen LogP contribution in [0.25, 0.3) is 0 Å². The lowest BCUT2D eigenvalue weighted by Gasteiger charge is -2.26. The number of fused-ring (bicyclic) bond motifs is 1. The molecule has 3 rings (SSSR count). The smallest absolute Gasteiger partial charge is 0.327 e. The van der Waals surface area contributed by atoms with Gasteiger partial charge in [-0.3, -0.25) is 9.69 Å². The zero-order valence-electron chi connectivity index (χ0n) is 14.4. The number of aliphatic hydroxyl groups excluding tert-OH is 1. The Kier molecular flexibility index (Phi) is 5.43. The summed E-state index contributed by atoms with van der Waals surface area (Å²) < 4.78 is 10.9. The second-order valence-corrected chi connectivity index (χ2v) is 6.31. The second kappa shape index (κ2) is 7.74. The molecule has 1 aromatic carbocycles. The summed E-state index contributed by atoms with van der Waals surface area (Å²) in [6.07, 6.45) is 1.66. The van der Waals surface area contributed by atoms with Crippen LogP contribution in [0.3, 0.4) is 0 Å². The van der Waals surface area contributed by atoms with Gasteiger partial charge >= 0.3 is 6.03 Å². The normalized spacial score (nSPS) is 21.3. The van der Waals surface area contributed by atoms with Crippen molar-refractivity contribution >= 4 is 11.9 Å². The molecule has 1 aromatic rings. The van der Waals surface area contributed by atoms with Gasteiger partial charge in [-0.1, -0.05) is 0 Å². The largest absolute Gasteiger partial charge is 0.494 e. The number of piperidine rings is 1. The fourth-order valence-electron chi connectivity index (χ4n) is 3.27. The molecule has 3 amide bonds. The quantitative estimate of drug-likeness (QED) is 0.758. The van der Waals surface area contributed by atoms with E-state index in [0.29, 0.717) is 25.3 Å². The van der Waals surface area contributed by atoms with Gasteiger partial charge < -0.3 is 19.5 Å². The summed E-state index contributed by atoms with van der Waals surface area (Å²) in [5.74, 6) is 1.14. The van der Waals surface area contributed by atoms with Crippen LogP contribution in [-0.4, -0.2) is 65.3 Å². The Morgan fingerprint density at radius 1 is 1.16 bits per heavy atom. The van der Waals surface area contributed by atoms with Crippen LogP contribution in [0.4, 0.5) is 4.79 Å². The lowest BCUT2D eigenvalue weighted by atomic mass is 10.0. The maximum Gasteiger partial charge on any atom is 0.327 e. The number of aliphatic hydroxyl groups is 1. The van der Waals surface area contributed by atoms with Gasteiger partial charge in [-0.25, -0.2) is 4.79 Å². The van der Waals surface area contributed by atoms with E-state index in [1.165, 1.54) is 0 Å². The van der Waals surface area contributed by atoms with Gasteiger partial charge in [0.2, 0.25) is 0 Å². The zero-order valence-corrected chi connectivity index (χ0v) is 14.4. The molecule has 0 saturated carbocycles. The number of hydrogen-bond donors (Lipinski definition) is 1. The van der Waals surface area contributed by atoms with Crippen LogP contribution in [0.2, 0.25) is 0 Å². The molecule has 0 bridgehead atoms. The van der Waals surface area contributed by atoms with Gasteiger partial charge in [-0.2, -0.15) is 0 Å². The molecule has 2 heterocycles. The molecule has 136 valence electrons. The van der Waals surface area contributed by atoms with Crippen LogP contribution in [0.1, 0.15) is 26.2 Å². The summed E-state index contributed by atoms with van der Waals surface area (Å²) in [5, 5.41) is 10.2. The summed E-state index contributed by atoms with van der Waals surface area (Å²) in [6.45, 7) is 3.09. The third-order valence-electron chi connectivity index (χ3n) is 4.50. The molecule has 25 heavy (non-hydrogen) atoms. The summed E-state index contributed by atoms with van der Waals surface area (Å²) in [6, 6.07) is 6.44. The van der Waals surface area contributed by atoms with Crippen LogP contribution in [0, 0.1) is 0 Å². The van der Waals surface area contributed by atoms with E-state index in [0.717, 1.165) is 23.5 Å². The first-order valence-corrected chi connectivity index (χ1v) is 8.76. The van der Waals surface area contributed by atoms with Gasteiger partial charge in [-0.05, 0) is 50.5 Å². The molecule has 0 spiro atoms. The summed E-state index contributed by atoms with van der Waals surface area (Å²) in [4.78, 5) is 27.5. The number of urea groups is 1. The third-order valence-corrected chi connectivity index (χ3v) is 4.50. The SMILES string of the molecule is CCOc1ccc(OC[C@@H](O)CN2C(=O)[C@@H]3CCCCN3C2=O)cc1. The van der Waals surface area contributed by atoms with Crippen molar-refractivity contribution in [3.8, 4) is 11.5 Å². The Labute approximate surface area is 147 Å². The van der Waals surface area contributed by atoms with E-state index in [-0.39, 0.29) is 31.1 Å². The minimum absolute atomic E-state index is 0.00963.